The topological polar surface area (TPSA) is 152 Å². The minimum absolute atomic E-state index is 0.0175. The first-order valence-electron chi connectivity index (χ1n) is 13.4. The lowest BCUT2D eigenvalue weighted by Gasteiger charge is -2.42. The van der Waals surface area contributed by atoms with Gasteiger partial charge in [-0.15, -0.1) is 0 Å². The SMILES string of the molecule is O=C(NCCN1CCC2(CC1)C(=O)NCN2Cc1cccnc1)c1cccc(C(F)(F)F)c1.O=C(O)C(F)(F)F.O=C(O)C(F)(F)F. The standard InChI is InChI=1S/C23H26F3N5O2.2C2HF3O2/c24-23(25,26)19-5-1-4-18(13-19)20(32)28-9-12-30-10-6-22(7-11-30)21(33)29-16-31(22)15-17-3-2-8-27-14-17;2*3-2(4,5)1(6)7/h1-5,8,13-14H,6-7,9-12,15-16H2,(H,28,32)(H,29,33);2*(H,6,7). The summed E-state index contributed by atoms with van der Waals surface area (Å²) in [6.07, 6.45) is -9.80. The van der Waals surface area contributed by atoms with Gasteiger partial charge in [-0.25, -0.2) is 9.59 Å². The Kier molecular flexibility index (Phi) is 13.1. The smallest absolute Gasteiger partial charge is 0.475 e. The normalized spacial score (nSPS) is 16.7. The first kappa shape index (κ1) is 38.7. The van der Waals surface area contributed by atoms with E-state index in [1.165, 1.54) is 12.1 Å². The van der Waals surface area contributed by atoms with Crippen LogP contribution in [0.3, 0.4) is 0 Å². The number of likely N-dealkylation sites (tertiary alicyclic amines) is 1. The number of carbonyl (C=O) groups is 4. The fourth-order valence-corrected chi connectivity index (χ4v) is 4.50. The van der Waals surface area contributed by atoms with Crippen LogP contribution in [0.1, 0.15) is 34.3 Å². The van der Waals surface area contributed by atoms with E-state index in [1.54, 1.807) is 12.4 Å². The molecule has 20 heteroatoms. The Hall–Kier alpha value is -4.46. The van der Waals surface area contributed by atoms with E-state index in [2.05, 4.69) is 25.4 Å². The van der Waals surface area contributed by atoms with Crippen LogP contribution in [0.25, 0.3) is 0 Å². The molecule has 2 aliphatic rings. The summed E-state index contributed by atoms with van der Waals surface area (Å²) in [6, 6.07) is 8.26. The molecule has 2 aromatic rings. The number of hydrogen-bond acceptors (Lipinski definition) is 7. The van der Waals surface area contributed by atoms with Gasteiger partial charge in [0, 0.05) is 50.7 Å². The molecule has 0 atom stereocenters. The summed E-state index contributed by atoms with van der Waals surface area (Å²) in [5.41, 5.74) is -0.362. The Bertz CT molecular complexity index is 1360. The van der Waals surface area contributed by atoms with Crippen molar-refractivity contribution >= 4 is 23.8 Å². The van der Waals surface area contributed by atoms with Crippen molar-refractivity contribution < 1.29 is 68.9 Å². The molecule has 4 rings (SSSR count). The third-order valence-corrected chi connectivity index (χ3v) is 6.89. The molecular weight excluding hydrogens is 661 g/mol. The first-order valence-corrected chi connectivity index (χ1v) is 13.4. The molecule has 2 aliphatic heterocycles. The second-order valence-electron chi connectivity index (χ2n) is 10.0. The van der Waals surface area contributed by atoms with E-state index < -0.39 is 47.5 Å². The second-order valence-corrected chi connectivity index (χ2v) is 10.0. The van der Waals surface area contributed by atoms with Gasteiger partial charge in [-0.3, -0.25) is 19.5 Å². The summed E-state index contributed by atoms with van der Waals surface area (Å²) in [5, 5.41) is 19.9. The maximum absolute atomic E-state index is 12.9. The monoisotopic (exact) mass is 689 g/mol. The van der Waals surface area contributed by atoms with E-state index in [1.807, 2.05) is 12.1 Å². The Morgan fingerprint density at radius 1 is 0.915 bits per heavy atom. The summed E-state index contributed by atoms with van der Waals surface area (Å²) in [6.45, 7) is 3.39. The van der Waals surface area contributed by atoms with Crippen LogP contribution >= 0.6 is 0 Å². The van der Waals surface area contributed by atoms with Gasteiger partial charge in [0.2, 0.25) is 5.91 Å². The van der Waals surface area contributed by atoms with Gasteiger partial charge in [0.15, 0.2) is 0 Å². The molecule has 1 aromatic carbocycles. The largest absolute Gasteiger partial charge is 0.490 e. The van der Waals surface area contributed by atoms with E-state index in [0.717, 1.165) is 17.7 Å². The van der Waals surface area contributed by atoms with Crippen LogP contribution in [-0.4, -0.2) is 99.5 Å². The molecule has 2 amide bonds. The number of rotatable bonds is 6. The van der Waals surface area contributed by atoms with Crippen molar-refractivity contribution in [2.45, 2.75) is 43.5 Å². The highest BCUT2D eigenvalue weighted by Crippen LogP contribution is 2.33. The quantitative estimate of drug-likeness (QED) is 0.334. The van der Waals surface area contributed by atoms with Crippen molar-refractivity contribution in [2.75, 3.05) is 32.8 Å². The number of carbonyl (C=O) groups excluding carboxylic acids is 2. The number of nitrogens with one attached hydrogen (secondary N) is 2. The molecule has 1 spiro atoms. The number of aliphatic carboxylic acids is 2. The third-order valence-electron chi connectivity index (χ3n) is 6.89. The molecule has 2 fully saturated rings. The zero-order chi connectivity index (χ0) is 35.6. The molecule has 0 unspecified atom stereocenters. The van der Waals surface area contributed by atoms with Crippen LogP contribution in [0.5, 0.6) is 0 Å². The van der Waals surface area contributed by atoms with E-state index in [-0.39, 0.29) is 11.5 Å². The highest BCUT2D eigenvalue weighted by Gasteiger charge is 2.50. The van der Waals surface area contributed by atoms with Gasteiger partial charge < -0.3 is 25.7 Å². The molecule has 1 aromatic heterocycles. The Morgan fingerprint density at radius 2 is 1.49 bits per heavy atom. The number of benzene rings is 1. The summed E-state index contributed by atoms with van der Waals surface area (Å²) in [4.78, 5) is 51.2. The average molecular weight is 690 g/mol. The third kappa shape index (κ3) is 11.7. The highest BCUT2D eigenvalue weighted by atomic mass is 19.4. The van der Waals surface area contributed by atoms with E-state index in [4.69, 9.17) is 19.8 Å². The number of amides is 2. The Labute approximate surface area is 260 Å². The predicted molar refractivity (Wildman–Crippen MR) is 142 cm³/mol. The van der Waals surface area contributed by atoms with E-state index in [0.29, 0.717) is 52.2 Å². The molecule has 3 heterocycles. The van der Waals surface area contributed by atoms with Gasteiger partial charge in [0.05, 0.1) is 12.2 Å². The van der Waals surface area contributed by atoms with Crippen molar-refractivity contribution in [2.24, 2.45) is 0 Å². The number of aromatic nitrogens is 1. The summed E-state index contributed by atoms with van der Waals surface area (Å²) >= 11 is 0. The highest BCUT2D eigenvalue weighted by molar-refractivity contribution is 5.94. The average Bonchev–Trinajstić information content (AvgIpc) is 3.27. The number of halogens is 9. The van der Waals surface area contributed by atoms with Gasteiger partial charge in [0.1, 0.15) is 5.54 Å². The van der Waals surface area contributed by atoms with Crippen LogP contribution in [0.15, 0.2) is 48.8 Å². The Balaban J connectivity index is 0.000000459. The van der Waals surface area contributed by atoms with Gasteiger partial charge in [-0.2, -0.15) is 39.5 Å². The second kappa shape index (κ2) is 15.9. The number of carboxylic acids is 2. The number of nitrogens with zero attached hydrogens (tertiary/aromatic N) is 3. The molecule has 0 aliphatic carbocycles. The molecule has 0 radical (unpaired) electrons. The maximum Gasteiger partial charge on any atom is 0.490 e. The van der Waals surface area contributed by atoms with Crippen molar-refractivity contribution in [1.29, 1.82) is 0 Å². The summed E-state index contributed by atoms with van der Waals surface area (Å²) in [7, 11) is 0. The molecule has 0 bridgehead atoms. The van der Waals surface area contributed by atoms with Gasteiger partial charge in [-0.1, -0.05) is 12.1 Å². The molecule has 11 nitrogen and oxygen atoms in total. The fourth-order valence-electron chi connectivity index (χ4n) is 4.50. The zero-order valence-electron chi connectivity index (χ0n) is 24.0. The molecule has 47 heavy (non-hydrogen) atoms. The lowest BCUT2D eigenvalue weighted by Crippen LogP contribution is -2.56. The van der Waals surface area contributed by atoms with Crippen LogP contribution in [0.2, 0.25) is 0 Å². The van der Waals surface area contributed by atoms with Gasteiger partial charge in [-0.05, 0) is 42.7 Å². The van der Waals surface area contributed by atoms with Crippen LogP contribution < -0.4 is 10.6 Å². The fraction of sp³-hybridized carbons (Fsp3) is 0.444. The number of carboxylic acid groups (broad SMARTS) is 2. The minimum atomic E-state index is -5.08. The Morgan fingerprint density at radius 3 is 1.98 bits per heavy atom. The van der Waals surface area contributed by atoms with Crippen molar-refractivity contribution in [3.8, 4) is 0 Å². The lowest BCUT2D eigenvalue weighted by molar-refractivity contribution is -0.193. The predicted octanol–water partition coefficient (Wildman–Crippen LogP) is 3.52. The van der Waals surface area contributed by atoms with Crippen molar-refractivity contribution in [1.82, 2.24) is 25.4 Å². The van der Waals surface area contributed by atoms with Crippen LogP contribution in [-0.2, 0) is 27.1 Å². The number of hydrogen-bond donors (Lipinski definition) is 4. The summed E-state index contributed by atoms with van der Waals surface area (Å²) in [5.74, 6) is -6.00. The minimum Gasteiger partial charge on any atom is -0.475 e. The number of pyridine rings is 1. The van der Waals surface area contributed by atoms with Crippen LogP contribution in [0.4, 0.5) is 39.5 Å². The number of alkyl halides is 9. The molecule has 260 valence electrons. The molecule has 0 saturated carbocycles. The van der Waals surface area contributed by atoms with Gasteiger partial charge >= 0.3 is 30.5 Å². The number of piperidine rings is 1. The first-order chi connectivity index (χ1) is 21.7. The summed E-state index contributed by atoms with van der Waals surface area (Å²) < 4.78 is 102. The lowest BCUT2D eigenvalue weighted by atomic mass is 9.86. The van der Waals surface area contributed by atoms with E-state index >= 15 is 0 Å². The van der Waals surface area contributed by atoms with Crippen LogP contribution in [0, 0.1) is 0 Å². The maximum atomic E-state index is 12.9. The van der Waals surface area contributed by atoms with Gasteiger partial charge in [0.25, 0.3) is 5.91 Å². The van der Waals surface area contributed by atoms with Crippen molar-refractivity contribution in [3.63, 3.8) is 0 Å². The molecule has 4 N–H and O–H groups in total. The molecular formula is C27H28F9N5O6. The molecule has 2 saturated heterocycles. The zero-order valence-corrected chi connectivity index (χ0v) is 24.0. The van der Waals surface area contributed by atoms with Crippen molar-refractivity contribution in [3.05, 3.63) is 65.5 Å². The van der Waals surface area contributed by atoms with E-state index in [9.17, 15) is 49.1 Å².